The van der Waals surface area contributed by atoms with Gasteiger partial charge < -0.3 is 10.2 Å². The summed E-state index contributed by atoms with van der Waals surface area (Å²) in [7, 11) is 2.16. The largest absolute Gasteiger partial charge is 0.355 e. The first-order valence-corrected chi connectivity index (χ1v) is 10.8. The molecule has 2 saturated heterocycles. The lowest BCUT2D eigenvalue weighted by Crippen LogP contribution is -2.58. The highest BCUT2D eigenvalue weighted by Gasteiger charge is 2.42. The first-order valence-electron chi connectivity index (χ1n) is 10.8. The molecule has 2 heterocycles. The average molecular weight is 369 g/mol. The van der Waals surface area contributed by atoms with Gasteiger partial charge in [0.2, 0.25) is 5.91 Å². The molecule has 2 rings (SSSR count). The number of rotatable bonds is 6. The average Bonchev–Trinajstić information content (AvgIpc) is 2.63. The summed E-state index contributed by atoms with van der Waals surface area (Å²) in [5.74, 6) is 0.792. The SMILES string of the molecule is CC.CCN1CCN(CC2(C(=O)NCC(C)C)CCN(C)CC2)CC1C. The Kier molecular flexibility index (Phi) is 10.1. The maximum absolute atomic E-state index is 13.0. The molecule has 0 saturated carbocycles. The molecule has 26 heavy (non-hydrogen) atoms. The summed E-state index contributed by atoms with van der Waals surface area (Å²) in [6.45, 7) is 21.1. The van der Waals surface area contributed by atoms with Crippen LogP contribution in [0.3, 0.4) is 0 Å². The molecule has 0 spiro atoms. The minimum atomic E-state index is -0.199. The van der Waals surface area contributed by atoms with Crippen LogP contribution in [-0.4, -0.2) is 86.1 Å². The molecule has 0 aromatic rings. The van der Waals surface area contributed by atoms with Crippen molar-refractivity contribution in [3.8, 4) is 0 Å². The Morgan fingerprint density at radius 2 is 1.77 bits per heavy atom. The third-order valence-corrected chi connectivity index (χ3v) is 5.88. The van der Waals surface area contributed by atoms with Crippen molar-refractivity contribution < 1.29 is 4.79 Å². The molecule has 0 radical (unpaired) electrons. The number of carbonyl (C=O) groups is 1. The number of piperidine rings is 1. The Hall–Kier alpha value is -0.650. The number of piperazine rings is 1. The zero-order chi connectivity index (χ0) is 19.7. The summed E-state index contributed by atoms with van der Waals surface area (Å²) in [4.78, 5) is 20.5. The van der Waals surface area contributed by atoms with Crippen molar-refractivity contribution in [3.63, 3.8) is 0 Å². The molecule has 1 N–H and O–H groups in total. The Labute approximate surface area is 162 Å². The van der Waals surface area contributed by atoms with E-state index in [-0.39, 0.29) is 11.3 Å². The van der Waals surface area contributed by atoms with E-state index >= 15 is 0 Å². The molecule has 2 aliphatic rings. The van der Waals surface area contributed by atoms with Crippen LogP contribution >= 0.6 is 0 Å². The minimum Gasteiger partial charge on any atom is -0.355 e. The number of amides is 1. The molecule has 0 aliphatic carbocycles. The number of likely N-dealkylation sites (N-methyl/N-ethyl adjacent to an activating group) is 1. The van der Waals surface area contributed by atoms with Gasteiger partial charge in [-0.15, -0.1) is 0 Å². The van der Waals surface area contributed by atoms with E-state index in [2.05, 4.69) is 54.8 Å². The predicted octanol–water partition coefficient (Wildman–Crippen LogP) is 2.52. The molecule has 0 aromatic carbocycles. The van der Waals surface area contributed by atoms with Crippen LogP contribution in [-0.2, 0) is 4.79 Å². The number of hydrogen-bond donors (Lipinski definition) is 1. The molecule has 1 amide bonds. The van der Waals surface area contributed by atoms with Gasteiger partial charge in [-0.05, 0) is 52.4 Å². The van der Waals surface area contributed by atoms with Crippen LogP contribution in [0.4, 0.5) is 0 Å². The van der Waals surface area contributed by atoms with Crippen LogP contribution < -0.4 is 5.32 Å². The normalized spacial score (nSPS) is 24.8. The van der Waals surface area contributed by atoms with E-state index in [4.69, 9.17) is 0 Å². The summed E-state index contributed by atoms with van der Waals surface area (Å²) < 4.78 is 0. The van der Waals surface area contributed by atoms with Crippen LogP contribution in [0.15, 0.2) is 0 Å². The first-order chi connectivity index (χ1) is 12.4. The summed E-state index contributed by atoms with van der Waals surface area (Å²) in [5, 5.41) is 3.23. The summed E-state index contributed by atoms with van der Waals surface area (Å²) in [6.07, 6.45) is 1.96. The van der Waals surface area contributed by atoms with Gasteiger partial charge in [0.05, 0.1) is 5.41 Å². The quantitative estimate of drug-likeness (QED) is 0.782. The van der Waals surface area contributed by atoms with Gasteiger partial charge >= 0.3 is 0 Å². The maximum atomic E-state index is 13.0. The Balaban J connectivity index is 0.00000163. The van der Waals surface area contributed by atoms with Crippen molar-refractivity contribution in [1.29, 1.82) is 0 Å². The van der Waals surface area contributed by atoms with Crippen molar-refractivity contribution in [2.24, 2.45) is 11.3 Å². The van der Waals surface area contributed by atoms with Crippen molar-refractivity contribution in [3.05, 3.63) is 0 Å². The van der Waals surface area contributed by atoms with Crippen molar-refractivity contribution >= 4 is 5.91 Å². The molecule has 5 nitrogen and oxygen atoms in total. The van der Waals surface area contributed by atoms with Gasteiger partial charge in [-0.1, -0.05) is 34.6 Å². The number of likely N-dealkylation sites (tertiary alicyclic amines) is 1. The van der Waals surface area contributed by atoms with E-state index in [9.17, 15) is 4.79 Å². The van der Waals surface area contributed by atoms with Crippen molar-refractivity contribution in [2.45, 2.75) is 60.4 Å². The Morgan fingerprint density at radius 1 is 1.15 bits per heavy atom. The second kappa shape index (κ2) is 11.3. The summed E-state index contributed by atoms with van der Waals surface area (Å²) in [6, 6.07) is 0.589. The van der Waals surface area contributed by atoms with Gasteiger partial charge in [-0.2, -0.15) is 0 Å². The van der Waals surface area contributed by atoms with Crippen LogP contribution in [0.25, 0.3) is 0 Å². The maximum Gasteiger partial charge on any atom is 0.227 e. The minimum absolute atomic E-state index is 0.199. The molecule has 0 aromatic heterocycles. The molecule has 1 unspecified atom stereocenters. The van der Waals surface area contributed by atoms with E-state index in [1.807, 2.05) is 13.8 Å². The summed E-state index contributed by atoms with van der Waals surface area (Å²) >= 11 is 0. The molecule has 154 valence electrons. The lowest BCUT2D eigenvalue weighted by atomic mass is 9.76. The van der Waals surface area contributed by atoms with Crippen LogP contribution in [0.5, 0.6) is 0 Å². The fourth-order valence-corrected chi connectivity index (χ4v) is 4.10. The predicted molar refractivity (Wildman–Crippen MR) is 112 cm³/mol. The fraction of sp³-hybridized carbons (Fsp3) is 0.952. The molecule has 5 heteroatoms. The van der Waals surface area contributed by atoms with Gasteiger partial charge in [0.15, 0.2) is 0 Å². The molecule has 2 fully saturated rings. The van der Waals surface area contributed by atoms with E-state index < -0.39 is 0 Å². The van der Waals surface area contributed by atoms with Gasteiger partial charge in [0.1, 0.15) is 0 Å². The number of nitrogens with one attached hydrogen (secondary N) is 1. The second-order valence-corrected chi connectivity index (χ2v) is 8.40. The van der Waals surface area contributed by atoms with Crippen molar-refractivity contribution in [2.75, 3.05) is 59.4 Å². The van der Waals surface area contributed by atoms with Crippen LogP contribution in [0, 0.1) is 11.3 Å². The van der Waals surface area contributed by atoms with Crippen LogP contribution in [0.2, 0.25) is 0 Å². The number of carbonyl (C=O) groups excluding carboxylic acids is 1. The van der Waals surface area contributed by atoms with Gasteiger partial charge in [0, 0.05) is 38.8 Å². The van der Waals surface area contributed by atoms with Gasteiger partial charge in [0.25, 0.3) is 0 Å². The fourth-order valence-electron chi connectivity index (χ4n) is 4.10. The van der Waals surface area contributed by atoms with Gasteiger partial charge in [-0.3, -0.25) is 14.6 Å². The smallest absolute Gasteiger partial charge is 0.227 e. The highest BCUT2D eigenvalue weighted by atomic mass is 16.2. The molecule has 2 aliphatic heterocycles. The topological polar surface area (TPSA) is 38.8 Å². The zero-order valence-corrected chi connectivity index (χ0v) is 18.5. The lowest BCUT2D eigenvalue weighted by molar-refractivity contribution is -0.136. The molecule has 0 bridgehead atoms. The Morgan fingerprint density at radius 3 is 2.27 bits per heavy atom. The monoisotopic (exact) mass is 368 g/mol. The number of hydrogen-bond acceptors (Lipinski definition) is 4. The van der Waals surface area contributed by atoms with E-state index in [1.54, 1.807) is 0 Å². The van der Waals surface area contributed by atoms with Crippen LogP contribution in [0.1, 0.15) is 54.4 Å². The van der Waals surface area contributed by atoms with E-state index in [0.29, 0.717) is 12.0 Å². The number of nitrogens with zero attached hydrogens (tertiary/aromatic N) is 3. The van der Waals surface area contributed by atoms with E-state index in [0.717, 1.165) is 65.2 Å². The third-order valence-electron chi connectivity index (χ3n) is 5.88. The molecular formula is C21H44N4O. The van der Waals surface area contributed by atoms with Gasteiger partial charge in [-0.25, -0.2) is 0 Å². The zero-order valence-electron chi connectivity index (χ0n) is 18.5. The first kappa shape index (κ1) is 23.4. The van der Waals surface area contributed by atoms with E-state index in [1.165, 1.54) is 0 Å². The molecular weight excluding hydrogens is 324 g/mol. The lowest BCUT2D eigenvalue weighted by Gasteiger charge is -2.46. The second-order valence-electron chi connectivity index (χ2n) is 8.40. The molecule has 1 atom stereocenters. The highest BCUT2D eigenvalue weighted by Crippen LogP contribution is 2.33. The Bertz CT molecular complexity index is 405. The highest BCUT2D eigenvalue weighted by molar-refractivity contribution is 5.83. The third kappa shape index (κ3) is 6.50. The summed E-state index contributed by atoms with van der Waals surface area (Å²) in [5.41, 5.74) is -0.199. The standard InChI is InChI=1S/C19H38N4O.C2H6/c1-6-23-12-11-22(14-17(23)4)15-19(7-9-21(5)10-8-19)18(24)20-13-16(2)3;1-2/h16-17H,6-15H2,1-5H3,(H,20,24);1-2H3. The van der Waals surface area contributed by atoms with Crippen molar-refractivity contribution in [1.82, 2.24) is 20.0 Å².